The van der Waals surface area contributed by atoms with Gasteiger partial charge in [0, 0.05) is 9.79 Å². The van der Waals surface area contributed by atoms with E-state index in [1.807, 2.05) is 25.1 Å². The normalized spacial score (nSPS) is 10.4. The molecule has 0 radical (unpaired) electrons. The molecular weight excluding hydrogens is 300 g/mol. The van der Waals surface area contributed by atoms with Crippen molar-refractivity contribution in [3.8, 4) is 0 Å². The number of hydrogen-bond acceptors (Lipinski definition) is 3. The maximum Gasteiger partial charge on any atom is 0.335 e. The Balaban J connectivity index is 2.19. The summed E-state index contributed by atoms with van der Waals surface area (Å²) in [7, 11) is 0. The number of aryl methyl sites for hydroxylation is 1. The molecule has 0 atom stereocenters. The van der Waals surface area contributed by atoms with E-state index < -0.39 is 11.9 Å². The lowest BCUT2D eigenvalue weighted by atomic mass is 10.1. The Morgan fingerprint density at radius 1 is 1.05 bits per heavy atom. The summed E-state index contributed by atoms with van der Waals surface area (Å²) in [4.78, 5) is 23.7. The second-order valence-electron chi connectivity index (χ2n) is 4.80. The molecule has 114 valence electrons. The highest BCUT2D eigenvalue weighted by Crippen LogP contribution is 2.31. The van der Waals surface area contributed by atoms with Crippen molar-refractivity contribution in [2.75, 3.05) is 0 Å². The van der Waals surface area contributed by atoms with Crippen LogP contribution in [-0.4, -0.2) is 22.2 Å². The molecule has 0 heterocycles. The Labute approximate surface area is 132 Å². The van der Waals surface area contributed by atoms with Gasteiger partial charge in [-0.1, -0.05) is 30.8 Å². The number of aliphatic carboxylic acids is 1. The van der Waals surface area contributed by atoms with Crippen molar-refractivity contribution >= 4 is 23.7 Å². The van der Waals surface area contributed by atoms with Crippen molar-refractivity contribution in [1.29, 1.82) is 0 Å². The van der Waals surface area contributed by atoms with Crippen LogP contribution in [0, 0.1) is 0 Å². The van der Waals surface area contributed by atoms with E-state index in [4.69, 9.17) is 10.2 Å². The minimum absolute atomic E-state index is 0.0124. The van der Waals surface area contributed by atoms with Gasteiger partial charge >= 0.3 is 11.9 Å². The zero-order chi connectivity index (χ0) is 16.1. The Morgan fingerprint density at radius 2 is 1.73 bits per heavy atom. The molecule has 0 bridgehead atoms. The summed E-state index contributed by atoms with van der Waals surface area (Å²) in [6.07, 6.45) is 0.763. The highest BCUT2D eigenvalue weighted by Gasteiger charge is 2.09. The van der Waals surface area contributed by atoms with Gasteiger partial charge in [0.05, 0.1) is 12.0 Å². The molecule has 2 rings (SSSR count). The first kappa shape index (κ1) is 16.1. The molecule has 0 aliphatic heterocycles. The quantitative estimate of drug-likeness (QED) is 0.849. The van der Waals surface area contributed by atoms with Crippen LogP contribution in [-0.2, 0) is 17.6 Å². The number of carboxylic acid groups (broad SMARTS) is 2. The van der Waals surface area contributed by atoms with E-state index in [-0.39, 0.29) is 12.0 Å². The second-order valence-corrected chi connectivity index (χ2v) is 5.91. The fraction of sp³-hybridized carbons (Fsp3) is 0.176. The van der Waals surface area contributed by atoms with Gasteiger partial charge in [-0.15, -0.1) is 0 Å². The fourth-order valence-electron chi connectivity index (χ4n) is 2.07. The zero-order valence-electron chi connectivity index (χ0n) is 12.1. The van der Waals surface area contributed by atoms with E-state index in [2.05, 4.69) is 0 Å². The monoisotopic (exact) mass is 316 g/mol. The highest BCUT2D eigenvalue weighted by molar-refractivity contribution is 7.99. The first-order valence-corrected chi connectivity index (χ1v) is 7.66. The van der Waals surface area contributed by atoms with Crippen LogP contribution in [0.25, 0.3) is 0 Å². The van der Waals surface area contributed by atoms with Gasteiger partial charge in [0.1, 0.15) is 0 Å². The molecule has 2 N–H and O–H groups in total. The van der Waals surface area contributed by atoms with Gasteiger partial charge < -0.3 is 10.2 Å². The van der Waals surface area contributed by atoms with Gasteiger partial charge in [-0.2, -0.15) is 0 Å². The van der Waals surface area contributed by atoms with Crippen molar-refractivity contribution in [1.82, 2.24) is 0 Å². The van der Waals surface area contributed by atoms with Crippen LogP contribution >= 0.6 is 11.8 Å². The molecule has 0 spiro atoms. The maximum atomic E-state index is 11.0. The molecule has 22 heavy (non-hydrogen) atoms. The average molecular weight is 316 g/mol. The van der Waals surface area contributed by atoms with Crippen LogP contribution in [0.5, 0.6) is 0 Å². The number of benzene rings is 2. The van der Waals surface area contributed by atoms with Crippen molar-refractivity contribution in [2.45, 2.75) is 29.6 Å². The van der Waals surface area contributed by atoms with Crippen molar-refractivity contribution in [3.05, 3.63) is 59.2 Å². The Bertz CT molecular complexity index is 692. The Kier molecular flexibility index (Phi) is 5.22. The number of rotatable bonds is 6. The topological polar surface area (TPSA) is 74.6 Å². The molecule has 0 aliphatic carbocycles. The third-order valence-electron chi connectivity index (χ3n) is 3.19. The molecular formula is C17H16O4S. The summed E-state index contributed by atoms with van der Waals surface area (Å²) < 4.78 is 0. The largest absolute Gasteiger partial charge is 0.481 e. The van der Waals surface area contributed by atoms with Crippen LogP contribution in [0.1, 0.15) is 28.4 Å². The fourth-order valence-corrected chi connectivity index (χ4v) is 3.06. The summed E-state index contributed by atoms with van der Waals surface area (Å²) in [6, 6.07) is 12.5. The van der Waals surface area contributed by atoms with E-state index in [0.717, 1.165) is 27.3 Å². The summed E-state index contributed by atoms with van der Waals surface area (Å²) in [5.74, 6) is -1.78. The van der Waals surface area contributed by atoms with Crippen LogP contribution in [0.4, 0.5) is 0 Å². The van der Waals surface area contributed by atoms with E-state index >= 15 is 0 Å². The lowest BCUT2D eigenvalue weighted by Gasteiger charge is -2.09. The third-order valence-corrected chi connectivity index (χ3v) is 4.32. The minimum Gasteiger partial charge on any atom is -0.481 e. The molecule has 0 saturated carbocycles. The SMILES string of the molecule is CCc1cc(C(=O)O)ccc1Sc1ccc(CC(=O)O)cc1. The van der Waals surface area contributed by atoms with Crippen molar-refractivity contribution < 1.29 is 19.8 Å². The van der Waals surface area contributed by atoms with Crippen LogP contribution < -0.4 is 0 Å². The molecule has 2 aromatic carbocycles. The van der Waals surface area contributed by atoms with Gasteiger partial charge in [0.25, 0.3) is 0 Å². The number of carboxylic acids is 2. The van der Waals surface area contributed by atoms with Gasteiger partial charge in [0.15, 0.2) is 0 Å². The molecule has 2 aromatic rings. The first-order valence-electron chi connectivity index (χ1n) is 6.84. The summed E-state index contributed by atoms with van der Waals surface area (Å²) in [6.45, 7) is 1.99. The summed E-state index contributed by atoms with van der Waals surface area (Å²) in [5.41, 5.74) is 2.03. The third kappa shape index (κ3) is 4.11. The zero-order valence-corrected chi connectivity index (χ0v) is 12.9. The van der Waals surface area contributed by atoms with Gasteiger partial charge in [-0.3, -0.25) is 4.79 Å². The Morgan fingerprint density at radius 3 is 2.27 bits per heavy atom. The predicted molar refractivity (Wildman–Crippen MR) is 84.7 cm³/mol. The van der Waals surface area contributed by atoms with E-state index in [1.165, 1.54) is 0 Å². The molecule has 4 nitrogen and oxygen atoms in total. The van der Waals surface area contributed by atoms with E-state index in [0.29, 0.717) is 0 Å². The predicted octanol–water partition coefficient (Wildman–Crippen LogP) is 3.73. The lowest BCUT2D eigenvalue weighted by Crippen LogP contribution is -1.99. The molecule has 0 amide bonds. The van der Waals surface area contributed by atoms with Crippen LogP contribution in [0.15, 0.2) is 52.3 Å². The smallest absolute Gasteiger partial charge is 0.335 e. The number of aromatic carboxylic acids is 1. The van der Waals surface area contributed by atoms with Crippen molar-refractivity contribution in [2.24, 2.45) is 0 Å². The maximum absolute atomic E-state index is 11.0. The molecule has 0 saturated heterocycles. The molecule has 0 aromatic heterocycles. The van der Waals surface area contributed by atoms with E-state index in [1.54, 1.807) is 36.0 Å². The van der Waals surface area contributed by atoms with E-state index in [9.17, 15) is 9.59 Å². The summed E-state index contributed by atoms with van der Waals surface area (Å²) >= 11 is 1.55. The standard InChI is InChI=1S/C17H16O4S/c1-2-12-10-13(17(20)21)5-8-15(12)22-14-6-3-11(4-7-14)9-16(18)19/h3-8,10H,2,9H2,1H3,(H,18,19)(H,20,21). The van der Waals surface area contributed by atoms with Gasteiger partial charge in [-0.25, -0.2) is 4.79 Å². The first-order chi connectivity index (χ1) is 10.5. The average Bonchev–Trinajstić information content (AvgIpc) is 2.49. The van der Waals surface area contributed by atoms with Crippen LogP contribution in [0.2, 0.25) is 0 Å². The molecule has 0 fully saturated rings. The second kappa shape index (κ2) is 7.13. The Hall–Kier alpha value is -2.27. The number of hydrogen-bond donors (Lipinski definition) is 2. The molecule has 5 heteroatoms. The lowest BCUT2D eigenvalue weighted by molar-refractivity contribution is -0.136. The number of carbonyl (C=O) groups is 2. The molecule has 0 unspecified atom stereocenters. The van der Waals surface area contributed by atoms with Crippen LogP contribution in [0.3, 0.4) is 0 Å². The van der Waals surface area contributed by atoms with Gasteiger partial charge in [0.2, 0.25) is 0 Å². The minimum atomic E-state index is -0.927. The summed E-state index contributed by atoms with van der Waals surface area (Å²) in [5, 5.41) is 17.8. The highest BCUT2D eigenvalue weighted by atomic mass is 32.2. The molecule has 0 aliphatic rings. The van der Waals surface area contributed by atoms with Crippen molar-refractivity contribution in [3.63, 3.8) is 0 Å². The van der Waals surface area contributed by atoms with Gasteiger partial charge in [-0.05, 0) is 47.9 Å².